The average Bonchev–Trinajstić information content (AvgIpc) is 2.52. The van der Waals surface area contributed by atoms with Crippen LogP contribution >= 0.6 is 0 Å². The Bertz CT molecular complexity index is 879. The molecular weight excluding hydrogens is 321 g/mol. The van der Waals surface area contributed by atoms with Crippen LogP contribution in [0.25, 0.3) is 22.3 Å². The minimum atomic E-state index is -4.72. The minimum Gasteiger partial charge on any atom is -0.406 e. The van der Waals surface area contributed by atoms with Gasteiger partial charge in [-0.3, -0.25) is 0 Å². The van der Waals surface area contributed by atoms with Gasteiger partial charge < -0.3 is 15.8 Å². The first-order valence-corrected chi connectivity index (χ1v) is 6.97. The van der Waals surface area contributed by atoms with Gasteiger partial charge in [0.05, 0.1) is 5.52 Å². The first-order valence-electron chi connectivity index (χ1n) is 6.97. The summed E-state index contributed by atoms with van der Waals surface area (Å²) >= 11 is 0. The molecule has 24 heavy (non-hydrogen) atoms. The maximum atomic E-state index is 12.2. The molecule has 0 fully saturated rings. The number of hydrogen-bond donors (Lipinski definition) is 2. The highest BCUT2D eigenvalue weighted by atomic mass is 19.4. The van der Waals surface area contributed by atoms with Crippen LogP contribution in [0.2, 0.25) is 0 Å². The number of alkyl halides is 3. The van der Waals surface area contributed by atoms with Gasteiger partial charge in [0.1, 0.15) is 11.6 Å². The SMILES string of the molecule is CNc1nc(-c2ccc(OC(F)(F)F)cc2)nc2cc(N)ccc12. The Kier molecular flexibility index (Phi) is 3.88. The summed E-state index contributed by atoms with van der Waals surface area (Å²) in [6, 6.07) is 10.6. The van der Waals surface area contributed by atoms with Gasteiger partial charge in [0, 0.05) is 23.7 Å². The van der Waals surface area contributed by atoms with E-state index in [0.717, 1.165) is 5.39 Å². The van der Waals surface area contributed by atoms with Crippen LogP contribution in [0.5, 0.6) is 5.75 Å². The molecule has 3 rings (SSSR count). The second-order valence-corrected chi connectivity index (χ2v) is 4.99. The largest absolute Gasteiger partial charge is 0.573 e. The van der Waals surface area contributed by atoms with Crippen molar-refractivity contribution in [3.05, 3.63) is 42.5 Å². The van der Waals surface area contributed by atoms with Crippen molar-refractivity contribution in [2.45, 2.75) is 6.36 Å². The summed E-state index contributed by atoms with van der Waals surface area (Å²) in [7, 11) is 1.72. The van der Waals surface area contributed by atoms with Gasteiger partial charge in [-0.1, -0.05) is 0 Å². The van der Waals surface area contributed by atoms with Crippen molar-refractivity contribution >= 4 is 22.4 Å². The van der Waals surface area contributed by atoms with Gasteiger partial charge in [0.2, 0.25) is 0 Å². The quantitative estimate of drug-likeness (QED) is 0.713. The lowest BCUT2D eigenvalue weighted by atomic mass is 10.1. The molecule has 0 aliphatic heterocycles. The maximum Gasteiger partial charge on any atom is 0.573 e. The molecule has 124 valence electrons. The zero-order valence-corrected chi connectivity index (χ0v) is 12.6. The molecule has 0 bridgehead atoms. The van der Waals surface area contributed by atoms with Gasteiger partial charge in [-0.05, 0) is 42.5 Å². The smallest absolute Gasteiger partial charge is 0.406 e. The molecule has 2 aromatic carbocycles. The van der Waals surface area contributed by atoms with Gasteiger partial charge in [-0.2, -0.15) is 0 Å². The van der Waals surface area contributed by atoms with E-state index in [0.29, 0.717) is 28.4 Å². The van der Waals surface area contributed by atoms with E-state index in [1.807, 2.05) is 0 Å². The standard InChI is InChI=1S/C16H13F3N4O/c1-21-15-12-7-4-10(20)8-13(12)22-14(23-15)9-2-5-11(6-3-9)24-16(17,18)19/h2-8H,20H2,1H3,(H,21,22,23). The van der Waals surface area contributed by atoms with E-state index in [2.05, 4.69) is 20.0 Å². The fraction of sp³-hybridized carbons (Fsp3) is 0.125. The third kappa shape index (κ3) is 3.32. The predicted octanol–water partition coefficient (Wildman–Crippen LogP) is 3.82. The number of ether oxygens (including phenoxy) is 1. The first-order chi connectivity index (χ1) is 11.4. The lowest BCUT2D eigenvalue weighted by molar-refractivity contribution is -0.274. The lowest BCUT2D eigenvalue weighted by Crippen LogP contribution is -2.16. The van der Waals surface area contributed by atoms with Crippen LogP contribution in [-0.4, -0.2) is 23.4 Å². The molecule has 0 radical (unpaired) electrons. The van der Waals surface area contributed by atoms with Crippen LogP contribution in [-0.2, 0) is 0 Å². The van der Waals surface area contributed by atoms with Crippen LogP contribution in [0.4, 0.5) is 24.7 Å². The summed E-state index contributed by atoms with van der Waals surface area (Å²) in [5, 5.41) is 3.78. The number of benzene rings is 2. The molecule has 0 aliphatic carbocycles. The molecule has 0 saturated heterocycles. The summed E-state index contributed by atoms with van der Waals surface area (Å²) in [6.07, 6.45) is -4.72. The van der Waals surface area contributed by atoms with Crippen LogP contribution in [0.3, 0.4) is 0 Å². The number of hydrogen-bond acceptors (Lipinski definition) is 5. The molecule has 0 aliphatic rings. The highest BCUT2D eigenvalue weighted by Gasteiger charge is 2.31. The highest BCUT2D eigenvalue weighted by molar-refractivity contribution is 5.92. The average molecular weight is 334 g/mol. The predicted molar refractivity (Wildman–Crippen MR) is 85.6 cm³/mol. The summed E-state index contributed by atoms with van der Waals surface area (Å²) in [5.74, 6) is 0.673. The van der Waals surface area contributed by atoms with E-state index in [9.17, 15) is 13.2 Å². The van der Waals surface area contributed by atoms with Crippen molar-refractivity contribution in [1.29, 1.82) is 0 Å². The second kappa shape index (κ2) is 5.88. The molecule has 8 heteroatoms. The third-order valence-corrected chi connectivity index (χ3v) is 3.30. The summed E-state index contributed by atoms with van der Waals surface area (Å²) in [5.41, 5.74) is 7.54. The Morgan fingerprint density at radius 1 is 1.04 bits per heavy atom. The number of anilines is 2. The van der Waals surface area contributed by atoms with E-state index in [1.165, 1.54) is 24.3 Å². The van der Waals surface area contributed by atoms with Gasteiger partial charge in [-0.15, -0.1) is 13.2 Å². The Morgan fingerprint density at radius 3 is 2.38 bits per heavy atom. The topological polar surface area (TPSA) is 73.1 Å². The molecule has 0 spiro atoms. The van der Waals surface area contributed by atoms with Crippen LogP contribution < -0.4 is 15.8 Å². The normalized spacial score (nSPS) is 11.5. The van der Waals surface area contributed by atoms with Crippen molar-refractivity contribution in [1.82, 2.24) is 9.97 Å². The Morgan fingerprint density at radius 2 is 1.75 bits per heavy atom. The third-order valence-electron chi connectivity index (χ3n) is 3.30. The summed E-state index contributed by atoms with van der Waals surface area (Å²) in [4.78, 5) is 8.82. The fourth-order valence-electron chi connectivity index (χ4n) is 2.27. The highest BCUT2D eigenvalue weighted by Crippen LogP contribution is 2.28. The molecule has 5 nitrogen and oxygen atoms in total. The van der Waals surface area contributed by atoms with Crippen LogP contribution in [0, 0.1) is 0 Å². The number of halogens is 3. The van der Waals surface area contributed by atoms with Crippen molar-refractivity contribution in [2.75, 3.05) is 18.1 Å². The van der Waals surface area contributed by atoms with Crippen molar-refractivity contribution in [3.8, 4) is 17.1 Å². The zero-order valence-electron chi connectivity index (χ0n) is 12.6. The van der Waals surface area contributed by atoms with E-state index in [1.54, 1.807) is 25.2 Å². The molecule has 0 amide bonds. The van der Waals surface area contributed by atoms with Crippen LogP contribution in [0.1, 0.15) is 0 Å². The Hall–Kier alpha value is -3.03. The van der Waals surface area contributed by atoms with Gasteiger partial charge in [0.15, 0.2) is 5.82 Å². The molecule has 0 unspecified atom stereocenters. The number of fused-ring (bicyclic) bond motifs is 1. The molecular formula is C16H13F3N4O. The van der Waals surface area contributed by atoms with Gasteiger partial charge >= 0.3 is 6.36 Å². The van der Waals surface area contributed by atoms with Gasteiger partial charge in [0.25, 0.3) is 0 Å². The zero-order chi connectivity index (χ0) is 17.3. The van der Waals surface area contributed by atoms with Gasteiger partial charge in [-0.25, -0.2) is 9.97 Å². The molecule has 3 N–H and O–H groups in total. The van der Waals surface area contributed by atoms with Crippen molar-refractivity contribution in [2.24, 2.45) is 0 Å². The van der Waals surface area contributed by atoms with E-state index >= 15 is 0 Å². The monoisotopic (exact) mass is 334 g/mol. The second-order valence-electron chi connectivity index (χ2n) is 4.99. The van der Waals surface area contributed by atoms with Crippen molar-refractivity contribution in [3.63, 3.8) is 0 Å². The maximum absolute atomic E-state index is 12.2. The number of nitrogens with two attached hydrogens (primary N) is 1. The number of nitrogen functional groups attached to an aromatic ring is 1. The molecule has 0 saturated carbocycles. The number of rotatable bonds is 3. The van der Waals surface area contributed by atoms with Crippen molar-refractivity contribution < 1.29 is 17.9 Å². The van der Waals surface area contributed by atoms with E-state index in [4.69, 9.17) is 5.73 Å². The van der Waals surface area contributed by atoms with E-state index in [-0.39, 0.29) is 5.75 Å². The molecule has 1 heterocycles. The lowest BCUT2D eigenvalue weighted by Gasteiger charge is -2.10. The summed E-state index contributed by atoms with van der Waals surface area (Å²) in [6.45, 7) is 0. The number of nitrogens with zero attached hydrogens (tertiary/aromatic N) is 2. The number of aromatic nitrogens is 2. The molecule has 3 aromatic rings. The molecule has 1 aromatic heterocycles. The van der Waals surface area contributed by atoms with Crippen LogP contribution in [0.15, 0.2) is 42.5 Å². The molecule has 0 atom stereocenters. The Labute approximate surface area is 135 Å². The first kappa shape index (κ1) is 15.9. The summed E-state index contributed by atoms with van der Waals surface area (Å²) < 4.78 is 40.5. The van der Waals surface area contributed by atoms with E-state index < -0.39 is 6.36 Å². The number of nitrogens with one attached hydrogen (secondary N) is 1. The minimum absolute atomic E-state index is 0.301. The Balaban J connectivity index is 2.02. The fourth-order valence-corrected chi connectivity index (χ4v) is 2.27.